The van der Waals surface area contributed by atoms with Gasteiger partial charge in [0.25, 0.3) is 0 Å². The lowest BCUT2D eigenvalue weighted by Gasteiger charge is -2.43. The molecule has 0 aromatic heterocycles. The van der Waals surface area contributed by atoms with Crippen LogP contribution in [0.1, 0.15) is 31.4 Å². The number of likely N-dealkylation sites (tertiary alicyclic amines) is 1. The van der Waals surface area contributed by atoms with E-state index < -0.39 is 0 Å². The molecule has 2 atom stereocenters. The molecule has 1 aromatic carbocycles. The molecule has 2 unspecified atom stereocenters. The van der Waals surface area contributed by atoms with Crippen molar-refractivity contribution in [2.24, 2.45) is 5.73 Å². The molecule has 1 aliphatic rings. The van der Waals surface area contributed by atoms with E-state index in [4.69, 9.17) is 10.5 Å². The van der Waals surface area contributed by atoms with Gasteiger partial charge in [-0.2, -0.15) is 0 Å². The number of hydrogen-bond acceptors (Lipinski definition) is 3. The standard InChI is InChI=1S/C15H22BrFN2O/c1-15(20-2)6-3-7-19(10-15)14(9-18)11-4-5-12(16)13(17)8-11/h4-5,8,14H,3,6-7,9-10,18H2,1-2H3. The lowest BCUT2D eigenvalue weighted by Crippen LogP contribution is -2.49. The van der Waals surface area contributed by atoms with Crippen LogP contribution in [0.2, 0.25) is 0 Å². The summed E-state index contributed by atoms with van der Waals surface area (Å²) >= 11 is 3.19. The number of hydrogen-bond donors (Lipinski definition) is 1. The van der Waals surface area contributed by atoms with Gasteiger partial charge in [-0.05, 0) is 59.9 Å². The molecule has 1 heterocycles. The summed E-state index contributed by atoms with van der Waals surface area (Å²) < 4.78 is 19.8. The second kappa shape index (κ2) is 6.52. The summed E-state index contributed by atoms with van der Waals surface area (Å²) in [7, 11) is 1.75. The Labute approximate surface area is 128 Å². The Kier molecular flexibility index (Phi) is 5.18. The second-order valence-corrected chi connectivity index (χ2v) is 6.51. The van der Waals surface area contributed by atoms with Crippen LogP contribution < -0.4 is 5.73 Å². The first-order chi connectivity index (χ1) is 9.49. The van der Waals surface area contributed by atoms with Crippen molar-refractivity contribution in [2.45, 2.75) is 31.4 Å². The van der Waals surface area contributed by atoms with Crippen LogP contribution in [-0.2, 0) is 4.74 Å². The Bertz CT molecular complexity index is 471. The highest BCUT2D eigenvalue weighted by Gasteiger charge is 2.34. The van der Waals surface area contributed by atoms with E-state index in [0.717, 1.165) is 31.5 Å². The van der Waals surface area contributed by atoms with E-state index in [2.05, 4.69) is 27.8 Å². The molecule has 1 aromatic rings. The van der Waals surface area contributed by atoms with Crippen molar-refractivity contribution in [3.05, 3.63) is 34.1 Å². The number of benzene rings is 1. The van der Waals surface area contributed by atoms with Crippen LogP contribution in [0.5, 0.6) is 0 Å². The maximum atomic E-state index is 13.7. The molecule has 2 N–H and O–H groups in total. The van der Waals surface area contributed by atoms with Crippen LogP contribution in [0.4, 0.5) is 4.39 Å². The molecule has 1 saturated heterocycles. The Hall–Kier alpha value is -0.490. The summed E-state index contributed by atoms with van der Waals surface area (Å²) in [6, 6.07) is 5.28. The molecule has 0 amide bonds. The maximum absolute atomic E-state index is 13.7. The highest BCUT2D eigenvalue weighted by Crippen LogP contribution is 2.31. The van der Waals surface area contributed by atoms with Crippen LogP contribution in [0.15, 0.2) is 22.7 Å². The molecule has 3 nitrogen and oxygen atoms in total. The van der Waals surface area contributed by atoms with Gasteiger partial charge in [-0.15, -0.1) is 0 Å². The second-order valence-electron chi connectivity index (χ2n) is 5.65. The highest BCUT2D eigenvalue weighted by atomic mass is 79.9. The highest BCUT2D eigenvalue weighted by molar-refractivity contribution is 9.10. The molecule has 112 valence electrons. The number of rotatable bonds is 4. The van der Waals surface area contributed by atoms with Crippen molar-refractivity contribution in [1.29, 1.82) is 0 Å². The minimum absolute atomic E-state index is 0.0346. The van der Waals surface area contributed by atoms with Gasteiger partial charge < -0.3 is 10.5 Å². The first-order valence-electron chi connectivity index (χ1n) is 6.93. The smallest absolute Gasteiger partial charge is 0.137 e. The predicted molar refractivity (Wildman–Crippen MR) is 82.1 cm³/mol. The van der Waals surface area contributed by atoms with Gasteiger partial charge in [-0.25, -0.2) is 4.39 Å². The minimum atomic E-state index is -0.243. The van der Waals surface area contributed by atoms with Crippen LogP contribution in [0.25, 0.3) is 0 Å². The summed E-state index contributed by atoms with van der Waals surface area (Å²) in [4.78, 5) is 2.30. The van der Waals surface area contributed by atoms with Gasteiger partial charge in [0.1, 0.15) is 5.82 Å². The molecule has 20 heavy (non-hydrogen) atoms. The zero-order valence-corrected chi connectivity index (χ0v) is 13.6. The Morgan fingerprint density at radius 2 is 2.30 bits per heavy atom. The molecule has 1 aliphatic heterocycles. The van der Waals surface area contributed by atoms with E-state index in [1.165, 1.54) is 0 Å². The quantitative estimate of drug-likeness (QED) is 0.911. The zero-order valence-electron chi connectivity index (χ0n) is 12.0. The zero-order chi connectivity index (χ0) is 14.8. The molecule has 0 saturated carbocycles. The van der Waals surface area contributed by atoms with Crippen molar-refractivity contribution in [2.75, 3.05) is 26.7 Å². The number of nitrogens with zero attached hydrogens (tertiary/aromatic N) is 1. The van der Waals surface area contributed by atoms with Crippen molar-refractivity contribution < 1.29 is 9.13 Å². The molecular weight excluding hydrogens is 323 g/mol. The fourth-order valence-electron chi connectivity index (χ4n) is 2.89. The SMILES string of the molecule is COC1(C)CCCN(C(CN)c2ccc(Br)c(F)c2)C1. The molecule has 0 aliphatic carbocycles. The van der Waals surface area contributed by atoms with E-state index in [1.54, 1.807) is 19.2 Å². The van der Waals surface area contributed by atoms with E-state index in [1.807, 2.05) is 6.07 Å². The predicted octanol–water partition coefficient (Wildman–Crippen LogP) is 3.09. The normalized spacial score (nSPS) is 25.6. The Morgan fingerprint density at radius 3 is 2.90 bits per heavy atom. The lowest BCUT2D eigenvalue weighted by atomic mass is 9.92. The summed E-state index contributed by atoms with van der Waals surface area (Å²) in [5.74, 6) is -0.243. The number of piperidine rings is 1. The summed E-state index contributed by atoms with van der Waals surface area (Å²) in [6.07, 6.45) is 2.12. The minimum Gasteiger partial charge on any atom is -0.377 e. The third-order valence-corrected chi connectivity index (χ3v) is 4.82. The molecule has 1 fully saturated rings. The summed E-state index contributed by atoms with van der Waals surface area (Å²) in [5.41, 5.74) is 6.72. The fraction of sp³-hybridized carbons (Fsp3) is 0.600. The Morgan fingerprint density at radius 1 is 1.55 bits per heavy atom. The van der Waals surface area contributed by atoms with Gasteiger partial charge >= 0.3 is 0 Å². The average Bonchev–Trinajstić information content (AvgIpc) is 2.44. The monoisotopic (exact) mass is 344 g/mol. The van der Waals surface area contributed by atoms with Gasteiger partial charge in [0.2, 0.25) is 0 Å². The molecule has 2 rings (SSSR count). The average molecular weight is 345 g/mol. The summed E-state index contributed by atoms with van der Waals surface area (Å²) in [5, 5.41) is 0. The van der Waals surface area contributed by atoms with E-state index in [9.17, 15) is 4.39 Å². The Balaban J connectivity index is 2.21. The number of nitrogens with two attached hydrogens (primary N) is 1. The molecule has 0 spiro atoms. The van der Waals surface area contributed by atoms with Crippen LogP contribution >= 0.6 is 15.9 Å². The van der Waals surface area contributed by atoms with Gasteiger partial charge in [-0.3, -0.25) is 4.90 Å². The molecule has 5 heteroatoms. The molecule has 0 radical (unpaired) electrons. The largest absolute Gasteiger partial charge is 0.377 e. The van der Waals surface area contributed by atoms with E-state index >= 15 is 0 Å². The van der Waals surface area contributed by atoms with Gasteiger partial charge in [0, 0.05) is 26.2 Å². The molecule has 0 bridgehead atoms. The molecular formula is C15H22BrFN2O. The topological polar surface area (TPSA) is 38.5 Å². The van der Waals surface area contributed by atoms with E-state index in [0.29, 0.717) is 11.0 Å². The van der Waals surface area contributed by atoms with Crippen molar-refractivity contribution >= 4 is 15.9 Å². The number of methoxy groups -OCH3 is 1. The van der Waals surface area contributed by atoms with Crippen molar-refractivity contribution in [3.8, 4) is 0 Å². The number of ether oxygens (including phenoxy) is 1. The van der Waals surface area contributed by atoms with Crippen LogP contribution in [-0.4, -0.2) is 37.2 Å². The van der Waals surface area contributed by atoms with Crippen LogP contribution in [0, 0.1) is 5.82 Å². The fourth-order valence-corrected chi connectivity index (χ4v) is 3.14. The third-order valence-electron chi connectivity index (χ3n) is 4.17. The van der Waals surface area contributed by atoms with Gasteiger partial charge in [0.05, 0.1) is 10.1 Å². The summed E-state index contributed by atoms with van der Waals surface area (Å²) in [6.45, 7) is 4.39. The van der Waals surface area contributed by atoms with Crippen LogP contribution in [0.3, 0.4) is 0 Å². The lowest BCUT2D eigenvalue weighted by molar-refractivity contribution is -0.0608. The maximum Gasteiger partial charge on any atom is 0.137 e. The van der Waals surface area contributed by atoms with Gasteiger partial charge in [0.15, 0.2) is 0 Å². The first-order valence-corrected chi connectivity index (χ1v) is 7.72. The third kappa shape index (κ3) is 3.39. The first kappa shape index (κ1) is 15.9. The van der Waals surface area contributed by atoms with Crippen molar-refractivity contribution in [1.82, 2.24) is 4.90 Å². The number of halogens is 2. The van der Waals surface area contributed by atoms with Crippen molar-refractivity contribution in [3.63, 3.8) is 0 Å². The van der Waals surface area contributed by atoms with E-state index in [-0.39, 0.29) is 17.5 Å². The van der Waals surface area contributed by atoms with Gasteiger partial charge in [-0.1, -0.05) is 6.07 Å².